The lowest BCUT2D eigenvalue weighted by atomic mass is 10.2. The highest BCUT2D eigenvalue weighted by Crippen LogP contribution is 2.18. The molecule has 0 radical (unpaired) electrons. The van der Waals surface area contributed by atoms with Crippen LogP contribution in [0.5, 0.6) is 0 Å². The molecule has 0 spiro atoms. The molecule has 0 unspecified atom stereocenters. The van der Waals surface area contributed by atoms with Crippen molar-refractivity contribution in [1.29, 1.82) is 0 Å². The van der Waals surface area contributed by atoms with Gasteiger partial charge in [0.15, 0.2) is 0 Å². The smallest absolute Gasteiger partial charge is 0.244 e. The number of hydrogen-bond acceptors (Lipinski definition) is 3. The molecule has 5 heteroatoms. The number of nitrogens with zero attached hydrogens (tertiary/aromatic N) is 2. The Morgan fingerprint density at radius 1 is 1.36 bits per heavy atom. The summed E-state index contributed by atoms with van der Waals surface area (Å²) in [7, 11) is 0. The van der Waals surface area contributed by atoms with E-state index >= 15 is 0 Å². The Morgan fingerprint density at radius 3 is 2.93 bits per heavy atom. The van der Waals surface area contributed by atoms with Crippen LogP contribution in [0.4, 0.5) is 0 Å². The fraction of sp³-hybridized carbons (Fsp3) is 0. The second-order valence-corrected chi connectivity index (χ2v) is 3.12. The molecule has 2 rings (SSSR count). The Labute approximate surface area is 84.6 Å². The molecular formula is C9H6ClN3O. The van der Waals surface area contributed by atoms with Gasteiger partial charge in [-0.1, -0.05) is 23.7 Å². The molecule has 0 saturated carbocycles. The van der Waals surface area contributed by atoms with Crippen LogP contribution in [0.15, 0.2) is 35.3 Å². The molecule has 4 nitrogen and oxygen atoms in total. The standard InChI is InChI=1S/C9H6ClN3O/c10-7-3-1-2-6(4-7)8-5-11-13-9(14)12-8/h1-5H,(H,12,13,14). The van der Waals surface area contributed by atoms with Gasteiger partial charge in [0.25, 0.3) is 0 Å². The summed E-state index contributed by atoms with van der Waals surface area (Å²) < 4.78 is 0. The van der Waals surface area contributed by atoms with E-state index in [-0.39, 0.29) is 0 Å². The molecule has 14 heavy (non-hydrogen) atoms. The van der Waals surface area contributed by atoms with Crippen molar-refractivity contribution in [2.45, 2.75) is 0 Å². The van der Waals surface area contributed by atoms with Gasteiger partial charge in [0.2, 0.25) is 0 Å². The minimum absolute atomic E-state index is 0.470. The van der Waals surface area contributed by atoms with Crippen LogP contribution in [0.1, 0.15) is 0 Å². The van der Waals surface area contributed by atoms with Crippen molar-refractivity contribution in [3.63, 3.8) is 0 Å². The third-order valence-electron chi connectivity index (χ3n) is 1.69. The van der Waals surface area contributed by atoms with Crippen LogP contribution in [0.25, 0.3) is 11.3 Å². The topological polar surface area (TPSA) is 58.6 Å². The van der Waals surface area contributed by atoms with Gasteiger partial charge in [-0.3, -0.25) is 0 Å². The van der Waals surface area contributed by atoms with E-state index in [1.807, 2.05) is 6.07 Å². The first kappa shape index (κ1) is 8.90. The van der Waals surface area contributed by atoms with Crippen molar-refractivity contribution in [1.82, 2.24) is 15.2 Å². The highest BCUT2D eigenvalue weighted by molar-refractivity contribution is 6.30. The highest BCUT2D eigenvalue weighted by Gasteiger charge is 2.00. The number of hydrogen-bond donors (Lipinski definition) is 1. The van der Waals surface area contributed by atoms with E-state index in [2.05, 4.69) is 15.2 Å². The fourth-order valence-electron chi connectivity index (χ4n) is 1.10. The molecule has 0 bridgehead atoms. The molecule has 0 amide bonds. The molecular weight excluding hydrogens is 202 g/mol. The van der Waals surface area contributed by atoms with Gasteiger partial charge in [-0.05, 0) is 12.1 Å². The number of H-pyrrole nitrogens is 1. The Bertz CT molecular complexity index is 509. The normalized spacial score (nSPS) is 10.1. The average Bonchev–Trinajstić information content (AvgIpc) is 2.18. The highest BCUT2D eigenvalue weighted by atomic mass is 35.5. The van der Waals surface area contributed by atoms with Gasteiger partial charge in [-0.25, -0.2) is 9.89 Å². The molecule has 0 aliphatic heterocycles. The molecule has 0 aliphatic carbocycles. The monoisotopic (exact) mass is 207 g/mol. The molecule has 0 saturated heterocycles. The Balaban J connectivity index is 2.55. The molecule has 1 N–H and O–H groups in total. The zero-order valence-corrected chi connectivity index (χ0v) is 7.82. The molecule has 0 atom stereocenters. The first-order chi connectivity index (χ1) is 6.75. The van der Waals surface area contributed by atoms with Crippen molar-refractivity contribution < 1.29 is 0 Å². The second-order valence-electron chi connectivity index (χ2n) is 2.68. The van der Waals surface area contributed by atoms with Gasteiger partial charge in [-0.15, -0.1) is 0 Å². The minimum atomic E-state index is -0.470. The maximum atomic E-state index is 10.9. The molecule has 70 valence electrons. The van der Waals surface area contributed by atoms with Crippen molar-refractivity contribution >= 4 is 11.6 Å². The quantitative estimate of drug-likeness (QED) is 0.771. The van der Waals surface area contributed by atoms with E-state index in [0.29, 0.717) is 10.7 Å². The molecule has 2 aromatic rings. The summed E-state index contributed by atoms with van der Waals surface area (Å²) in [4.78, 5) is 14.6. The molecule has 1 aromatic carbocycles. The Morgan fingerprint density at radius 2 is 2.21 bits per heavy atom. The number of halogens is 1. The fourth-order valence-corrected chi connectivity index (χ4v) is 1.29. The van der Waals surface area contributed by atoms with E-state index in [1.54, 1.807) is 18.2 Å². The summed E-state index contributed by atoms with van der Waals surface area (Å²) in [6.07, 6.45) is 1.48. The summed E-state index contributed by atoms with van der Waals surface area (Å²) in [6, 6.07) is 7.09. The summed E-state index contributed by atoms with van der Waals surface area (Å²) in [5.41, 5.74) is 0.815. The zero-order chi connectivity index (χ0) is 9.97. The number of aromatic amines is 1. The van der Waals surface area contributed by atoms with Gasteiger partial charge < -0.3 is 0 Å². The van der Waals surface area contributed by atoms with E-state index in [0.717, 1.165) is 5.56 Å². The summed E-state index contributed by atoms with van der Waals surface area (Å²) in [5.74, 6) is 0. The van der Waals surface area contributed by atoms with Crippen LogP contribution < -0.4 is 5.69 Å². The summed E-state index contributed by atoms with van der Waals surface area (Å²) >= 11 is 5.80. The second kappa shape index (κ2) is 3.59. The van der Waals surface area contributed by atoms with Crippen LogP contribution in [0, 0.1) is 0 Å². The largest absolute Gasteiger partial charge is 0.361 e. The lowest BCUT2D eigenvalue weighted by Gasteiger charge is -1.98. The lowest BCUT2D eigenvalue weighted by molar-refractivity contribution is 0.919. The van der Waals surface area contributed by atoms with E-state index in [9.17, 15) is 4.79 Å². The van der Waals surface area contributed by atoms with Gasteiger partial charge in [-0.2, -0.15) is 10.1 Å². The average molecular weight is 208 g/mol. The van der Waals surface area contributed by atoms with Crippen LogP contribution in [0.2, 0.25) is 5.02 Å². The van der Waals surface area contributed by atoms with Crippen molar-refractivity contribution in [2.24, 2.45) is 0 Å². The molecule has 0 aliphatic rings. The predicted octanol–water partition coefficient (Wildman–Crippen LogP) is 1.49. The number of aromatic nitrogens is 3. The number of nitrogens with one attached hydrogen (secondary N) is 1. The predicted molar refractivity (Wildman–Crippen MR) is 53.1 cm³/mol. The maximum absolute atomic E-state index is 10.9. The third kappa shape index (κ3) is 1.80. The van der Waals surface area contributed by atoms with Crippen molar-refractivity contribution in [3.05, 3.63) is 46.0 Å². The number of rotatable bonds is 1. The Hall–Kier alpha value is -1.68. The van der Waals surface area contributed by atoms with Gasteiger partial charge in [0, 0.05) is 10.6 Å². The van der Waals surface area contributed by atoms with E-state index in [1.165, 1.54) is 6.20 Å². The first-order valence-electron chi connectivity index (χ1n) is 3.93. The van der Waals surface area contributed by atoms with Crippen LogP contribution in [0.3, 0.4) is 0 Å². The van der Waals surface area contributed by atoms with Crippen molar-refractivity contribution in [2.75, 3.05) is 0 Å². The van der Waals surface area contributed by atoms with Gasteiger partial charge in [0.1, 0.15) is 0 Å². The SMILES string of the molecule is O=c1nc(-c2cccc(Cl)c2)cn[nH]1. The van der Waals surface area contributed by atoms with Crippen LogP contribution in [-0.4, -0.2) is 15.2 Å². The summed E-state index contributed by atoms with van der Waals surface area (Å²) in [6.45, 7) is 0. The van der Waals surface area contributed by atoms with Crippen LogP contribution >= 0.6 is 11.6 Å². The minimum Gasteiger partial charge on any atom is -0.244 e. The maximum Gasteiger partial charge on any atom is 0.361 e. The molecule has 1 heterocycles. The van der Waals surface area contributed by atoms with E-state index < -0.39 is 5.69 Å². The van der Waals surface area contributed by atoms with Gasteiger partial charge >= 0.3 is 5.69 Å². The van der Waals surface area contributed by atoms with E-state index in [4.69, 9.17) is 11.6 Å². The van der Waals surface area contributed by atoms with Crippen molar-refractivity contribution in [3.8, 4) is 11.3 Å². The number of benzene rings is 1. The first-order valence-corrected chi connectivity index (χ1v) is 4.31. The lowest BCUT2D eigenvalue weighted by Crippen LogP contribution is -2.11. The zero-order valence-electron chi connectivity index (χ0n) is 7.07. The third-order valence-corrected chi connectivity index (χ3v) is 1.92. The van der Waals surface area contributed by atoms with Gasteiger partial charge in [0.05, 0.1) is 11.9 Å². The molecule has 0 fully saturated rings. The van der Waals surface area contributed by atoms with Crippen LogP contribution in [-0.2, 0) is 0 Å². The summed E-state index contributed by atoms with van der Waals surface area (Å²) in [5, 5.41) is 6.46. The molecule has 1 aromatic heterocycles. The Kier molecular flexibility index (Phi) is 2.28.